The molecule has 0 atom stereocenters. The molecule has 0 saturated carbocycles. The zero-order valence-electron chi connectivity index (χ0n) is 11.8. The molecule has 1 aromatic heterocycles. The van der Waals surface area contributed by atoms with Crippen LogP contribution in [0, 0.1) is 6.92 Å². The van der Waals surface area contributed by atoms with Gasteiger partial charge < -0.3 is 4.57 Å². The summed E-state index contributed by atoms with van der Waals surface area (Å²) >= 11 is 0. The molecule has 3 aromatic rings. The van der Waals surface area contributed by atoms with Crippen LogP contribution in [0.5, 0.6) is 0 Å². The zero-order valence-corrected chi connectivity index (χ0v) is 12.7. The Kier molecular flexibility index (Phi) is 3.71. The van der Waals surface area contributed by atoms with Crippen molar-refractivity contribution >= 4 is 23.8 Å². The van der Waals surface area contributed by atoms with Gasteiger partial charge in [0, 0.05) is 24.2 Å². The van der Waals surface area contributed by atoms with Gasteiger partial charge in [-0.25, -0.2) is 0 Å². The average Bonchev–Trinajstić information content (AvgIpc) is 2.81. The third kappa shape index (κ3) is 2.55. The van der Waals surface area contributed by atoms with E-state index in [4.69, 9.17) is 0 Å². The Morgan fingerprint density at radius 3 is 1.65 bits per heavy atom. The lowest BCUT2D eigenvalue weighted by Crippen LogP contribution is -2.19. The number of benzene rings is 2. The molecule has 0 radical (unpaired) electrons. The Bertz CT molecular complexity index is 627. The van der Waals surface area contributed by atoms with Gasteiger partial charge in [0.15, 0.2) is 0 Å². The maximum atomic E-state index is 2.31. The van der Waals surface area contributed by atoms with Gasteiger partial charge in [-0.3, -0.25) is 0 Å². The molecule has 0 aliphatic carbocycles. The summed E-state index contributed by atoms with van der Waals surface area (Å²) in [4.78, 5) is 0. The van der Waals surface area contributed by atoms with Gasteiger partial charge in [-0.15, -0.1) is 0 Å². The fourth-order valence-electron chi connectivity index (χ4n) is 2.38. The van der Waals surface area contributed by atoms with Crippen LogP contribution >= 0.6 is 7.92 Å². The molecule has 0 spiro atoms. The number of nitrogens with zero attached hydrogens (tertiary/aromatic N) is 1. The molecule has 0 fully saturated rings. The van der Waals surface area contributed by atoms with Gasteiger partial charge in [0.2, 0.25) is 0 Å². The molecule has 0 aliphatic rings. The first kappa shape index (κ1) is 13.1. The Hall–Kier alpha value is -1.85. The highest BCUT2D eigenvalue weighted by Crippen LogP contribution is 2.32. The lowest BCUT2D eigenvalue weighted by atomic mass is 10.4. The standard InChI is InChI=1S/C18H18NP/c1-15-13-18(14-19(15)2)20(16-9-5-3-6-10-16)17-11-7-4-8-12-17/h3-14H,1-2H3. The van der Waals surface area contributed by atoms with Crippen LogP contribution in [0.1, 0.15) is 5.69 Å². The third-order valence-electron chi connectivity index (χ3n) is 3.53. The van der Waals surface area contributed by atoms with Gasteiger partial charge in [0.1, 0.15) is 0 Å². The molecular formula is C18H18NP. The first-order valence-corrected chi connectivity index (χ1v) is 8.13. The highest BCUT2D eigenvalue weighted by atomic mass is 31.1. The Morgan fingerprint density at radius 2 is 1.25 bits per heavy atom. The third-order valence-corrected chi connectivity index (χ3v) is 5.92. The molecule has 2 heteroatoms. The molecule has 0 bridgehead atoms. The Balaban J connectivity index is 2.14. The fraction of sp³-hybridized carbons (Fsp3) is 0.111. The highest BCUT2D eigenvalue weighted by molar-refractivity contribution is 7.79. The molecule has 20 heavy (non-hydrogen) atoms. The molecule has 100 valence electrons. The van der Waals surface area contributed by atoms with E-state index in [-0.39, 0.29) is 0 Å². The summed E-state index contributed by atoms with van der Waals surface area (Å²) in [5.74, 6) is 0. The Morgan fingerprint density at radius 1 is 0.750 bits per heavy atom. The Labute approximate surface area is 121 Å². The van der Waals surface area contributed by atoms with Crippen molar-refractivity contribution in [1.29, 1.82) is 0 Å². The van der Waals surface area contributed by atoms with Crippen LogP contribution in [0.3, 0.4) is 0 Å². The predicted molar refractivity (Wildman–Crippen MR) is 88.9 cm³/mol. The minimum absolute atomic E-state index is 0.462. The second kappa shape index (κ2) is 5.64. The van der Waals surface area contributed by atoms with Crippen LogP contribution in [0.25, 0.3) is 0 Å². The SMILES string of the molecule is Cc1cc(P(c2ccccc2)c2ccccc2)cn1C. The van der Waals surface area contributed by atoms with Gasteiger partial charge in [-0.2, -0.15) is 0 Å². The van der Waals surface area contributed by atoms with Crippen molar-refractivity contribution in [3.05, 3.63) is 78.6 Å². The van der Waals surface area contributed by atoms with E-state index in [1.807, 2.05) is 0 Å². The predicted octanol–water partition coefficient (Wildman–Crippen LogP) is 3.09. The summed E-state index contributed by atoms with van der Waals surface area (Å²) in [6.07, 6.45) is 2.26. The van der Waals surface area contributed by atoms with Crippen LogP contribution in [-0.2, 0) is 7.05 Å². The molecule has 0 saturated heterocycles. The number of aromatic nitrogens is 1. The maximum Gasteiger partial charge on any atom is 0.0147 e. The number of hydrogen-bond donors (Lipinski definition) is 0. The number of rotatable bonds is 3. The van der Waals surface area contributed by atoms with E-state index in [0.717, 1.165) is 0 Å². The average molecular weight is 279 g/mol. The van der Waals surface area contributed by atoms with Gasteiger partial charge in [0.25, 0.3) is 0 Å². The van der Waals surface area contributed by atoms with Crippen molar-refractivity contribution in [1.82, 2.24) is 4.57 Å². The molecule has 0 N–H and O–H groups in total. The molecule has 0 unspecified atom stereocenters. The summed E-state index contributed by atoms with van der Waals surface area (Å²) in [6.45, 7) is 2.16. The monoisotopic (exact) mass is 279 g/mol. The van der Waals surface area contributed by atoms with E-state index in [9.17, 15) is 0 Å². The van der Waals surface area contributed by atoms with E-state index in [0.29, 0.717) is 0 Å². The second-order valence-electron chi connectivity index (χ2n) is 4.96. The summed E-state index contributed by atoms with van der Waals surface area (Å²) < 4.78 is 2.20. The largest absolute Gasteiger partial charge is 0.354 e. The van der Waals surface area contributed by atoms with E-state index >= 15 is 0 Å². The normalized spacial score (nSPS) is 10.9. The van der Waals surface area contributed by atoms with Crippen LogP contribution in [0.15, 0.2) is 72.9 Å². The molecule has 0 amide bonds. The van der Waals surface area contributed by atoms with E-state index in [2.05, 4.69) is 91.5 Å². The molecule has 0 aliphatic heterocycles. The van der Waals surface area contributed by atoms with E-state index in [1.54, 1.807) is 0 Å². The van der Waals surface area contributed by atoms with Gasteiger partial charge >= 0.3 is 0 Å². The smallest absolute Gasteiger partial charge is 0.0147 e. The highest BCUT2D eigenvalue weighted by Gasteiger charge is 2.17. The summed E-state index contributed by atoms with van der Waals surface area (Å²) in [5.41, 5.74) is 1.30. The summed E-state index contributed by atoms with van der Waals surface area (Å²) in [7, 11) is 1.65. The summed E-state index contributed by atoms with van der Waals surface area (Å²) in [5, 5.41) is 4.22. The minimum atomic E-state index is -0.462. The van der Waals surface area contributed by atoms with Crippen molar-refractivity contribution in [2.24, 2.45) is 7.05 Å². The van der Waals surface area contributed by atoms with Crippen LogP contribution < -0.4 is 15.9 Å². The maximum absolute atomic E-state index is 2.31. The quantitative estimate of drug-likeness (QED) is 0.649. The lowest BCUT2D eigenvalue weighted by Gasteiger charge is -2.17. The molecule has 2 aromatic carbocycles. The number of hydrogen-bond acceptors (Lipinski definition) is 0. The molecule has 1 heterocycles. The number of aryl methyl sites for hydroxylation is 2. The zero-order chi connectivity index (χ0) is 13.9. The van der Waals surface area contributed by atoms with Crippen LogP contribution in [-0.4, -0.2) is 4.57 Å². The van der Waals surface area contributed by atoms with Crippen molar-refractivity contribution in [3.63, 3.8) is 0 Å². The lowest BCUT2D eigenvalue weighted by molar-refractivity contribution is 0.883. The van der Waals surface area contributed by atoms with Crippen LogP contribution in [0.4, 0.5) is 0 Å². The van der Waals surface area contributed by atoms with E-state index in [1.165, 1.54) is 21.6 Å². The van der Waals surface area contributed by atoms with Crippen molar-refractivity contribution in [2.45, 2.75) is 6.92 Å². The van der Waals surface area contributed by atoms with Crippen LogP contribution in [0.2, 0.25) is 0 Å². The topological polar surface area (TPSA) is 4.93 Å². The summed E-state index contributed by atoms with van der Waals surface area (Å²) in [6, 6.07) is 23.9. The first-order valence-electron chi connectivity index (χ1n) is 6.79. The van der Waals surface area contributed by atoms with Crippen molar-refractivity contribution in [3.8, 4) is 0 Å². The van der Waals surface area contributed by atoms with E-state index < -0.39 is 7.92 Å². The van der Waals surface area contributed by atoms with Crippen molar-refractivity contribution in [2.75, 3.05) is 0 Å². The van der Waals surface area contributed by atoms with Gasteiger partial charge in [-0.1, -0.05) is 60.7 Å². The van der Waals surface area contributed by atoms with Gasteiger partial charge in [0.05, 0.1) is 0 Å². The first-order chi connectivity index (χ1) is 9.75. The molecule has 1 nitrogen and oxygen atoms in total. The van der Waals surface area contributed by atoms with Crippen molar-refractivity contribution < 1.29 is 0 Å². The second-order valence-corrected chi connectivity index (χ2v) is 7.18. The minimum Gasteiger partial charge on any atom is -0.354 e. The molecule has 3 rings (SSSR count). The van der Waals surface area contributed by atoms with Gasteiger partial charge in [-0.05, 0) is 31.5 Å². The molecular weight excluding hydrogens is 261 g/mol. The fourth-order valence-corrected chi connectivity index (χ4v) is 4.82.